The summed E-state index contributed by atoms with van der Waals surface area (Å²) in [4.78, 5) is 11.6. The second-order valence-electron chi connectivity index (χ2n) is 8.33. The van der Waals surface area contributed by atoms with Crippen LogP contribution in [-0.2, 0) is 29.8 Å². The smallest absolute Gasteiger partial charge is 0.191 e. The van der Waals surface area contributed by atoms with Gasteiger partial charge in [0.25, 0.3) is 0 Å². The van der Waals surface area contributed by atoms with Crippen molar-refractivity contribution in [3.05, 3.63) is 51.5 Å². The number of benzene rings is 1. The lowest BCUT2D eigenvalue weighted by atomic mass is 9.98. The molecule has 1 saturated heterocycles. The third-order valence-electron chi connectivity index (χ3n) is 4.92. The molecule has 2 aromatic rings. The Balaban J connectivity index is 1.53. The Morgan fingerprint density at radius 2 is 1.83 bits per heavy atom. The molecule has 0 unspecified atom stereocenters. The van der Waals surface area contributed by atoms with Crippen molar-refractivity contribution >= 4 is 17.3 Å². The molecule has 1 fully saturated rings. The van der Waals surface area contributed by atoms with E-state index in [0.29, 0.717) is 6.54 Å². The maximum Gasteiger partial charge on any atom is 0.191 e. The third kappa shape index (κ3) is 6.52. The predicted octanol–water partition coefficient (Wildman–Crippen LogP) is 3.14. The van der Waals surface area contributed by atoms with Gasteiger partial charge >= 0.3 is 0 Å². The summed E-state index contributed by atoms with van der Waals surface area (Å²) >= 11 is 1.72. The van der Waals surface area contributed by atoms with Crippen molar-refractivity contribution in [1.82, 2.24) is 20.5 Å². The quantitative estimate of drug-likeness (QED) is 0.561. The van der Waals surface area contributed by atoms with Crippen molar-refractivity contribution in [2.75, 3.05) is 33.4 Å². The fourth-order valence-corrected chi connectivity index (χ4v) is 4.10. The van der Waals surface area contributed by atoms with Crippen molar-refractivity contribution in [1.29, 1.82) is 0 Å². The van der Waals surface area contributed by atoms with Gasteiger partial charge in [-0.2, -0.15) is 0 Å². The van der Waals surface area contributed by atoms with Gasteiger partial charge < -0.3 is 15.4 Å². The number of ether oxygens (including phenoxy) is 1. The second-order valence-corrected chi connectivity index (χ2v) is 9.19. The molecule has 1 aromatic heterocycles. The largest absolute Gasteiger partial charge is 0.379 e. The number of nitrogens with one attached hydrogen (secondary N) is 2. The third-order valence-corrected chi connectivity index (χ3v) is 6.23. The minimum atomic E-state index is 0.0903. The minimum absolute atomic E-state index is 0.0903. The van der Waals surface area contributed by atoms with E-state index >= 15 is 0 Å². The van der Waals surface area contributed by atoms with Gasteiger partial charge in [-0.25, -0.2) is 4.98 Å². The molecule has 158 valence electrons. The van der Waals surface area contributed by atoms with E-state index in [1.807, 2.05) is 0 Å². The first kappa shape index (κ1) is 21.7. The van der Waals surface area contributed by atoms with Crippen molar-refractivity contribution in [2.45, 2.75) is 45.8 Å². The van der Waals surface area contributed by atoms with Gasteiger partial charge in [-0.15, -0.1) is 11.3 Å². The number of guanidine groups is 1. The highest BCUT2D eigenvalue weighted by molar-refractivity contribution is 7.09. The van der Waals surface area contributed by atoms with E-state index in [2.05, 4.69) is 70.9 Å². The normalized spacial score (nSPS) is 16.1. The lowest BCUT2D eigenvalue weighted by molar-refractivity contribution is 0.0341. The van der Waals surface area contributed by atoms with Crippen LogP contribution in [0.25, 0.3) is 0 Å². The molecule has 0 amide bonds. The molecule has 3 rings (SSSR count). The summed E-state index contributed by atoms with van der Waals surface area (Å²) < 4.78 is 5.46. The minimum Gasteiger partial charge on any atom is -0.379 e. The van der Waals surface area contributed by atoms with Crippen molar-refractivity contribution in [3.8, 4) is 0 Å². The molecule has 29 heavy (non-hydrogen) atoms. The molecule has 0 atom stereocenters. The predicted molar refractivity (Wildman–Crippen MR) is 120 cm³/mol. The first-order valence-corrected chi connectivity index (χ1v) is 11.1. The van der Waals surface area contributed by atoms with Gasteiger partial charge in [-0.1, -0.05) is 45.0 Å². The Kier molecular flexibility index (Phi) is 7.64. The zero-order valence-electron chi connectivity index (χ0n) is 18.0. The van der Waals surface area contributed by atoms with Crippen LogP contribution in [0.2, 0.25) is 0 Å². The maximum atomic E-state index is 5.46. The lowest BCUT2D eigenvalue weighted by Gasteiger charge is -2.27. The Labute approximate surface area is 178 Å². The van der Waals surface area contributed by atoms with Gasteiger partial charge in [-0.05, 0) is 11.1 Å². The van der Waals surface area contributed by atoms with Crippen molar-refractivity contribution in [3.63, 3.8) is 0 Å². The van der Waals surface area contributed by atoms with Crippen LogP contribution in [0.3, 0.4) is 0 Å². The van der Waals surface area contributed by atoms with Gasteiger partial charge in [0, 0.05) is 44.0 Å². The van der Waals surface area contributed by atoms with Crippen molar-refractivity contribution < 1.29 is 4.74 Å². The Hall–Kier alpha value is -1.96. The van der Waals surface area contributed by atoms with E-state index in [-0.39, 0.29) is 5.41 Å². The average molecular weight is 416 g/mol. The molecule has 0 spiro atoms. The molecule has 0 bridgehead atoms. The summed E-state index contributed by atoms with van der Waals surface area (Å²) in [6, 6.07) is 8.61. The van der Waals surface area contributed by atoms with E-state index in [9.17, 15) is 0 Å². The van der Waals surface area contributed by atoms with Gasteiger partial charge in [-0.3, -0.25) is 9.89 Å². The number of nitrogens with zero attached hydrogens (tertiary/aromatic N) is 3. The summed E-state index contributed by atoms with van der Waals surface area (Å²) in [6.45, 7) is 12.6. The summed E-state index contributed by atoms with van der Waals surface area (Å²) in [5.74, 6) is 0.788. The van der Waals surface area contributed by atoms with Crippen LogP contribution in [0, 0.1) is 0 Å². The molecule has 7 heteroatoms. The van der Waals surface area contributed by atoms with E-state index in [4.69, 9.17) is 9.72 Å². The highest BCUT2D eigenvalue weighted by atomic mass is 32.1. The maximum absolute atomic E-state index is 5.46. The molecular weight excluding hydrogens is 382 g/mol. The topological polar surface area (TPSA) is 61.8 Å². The Morgan fingerprint density at radius 1 is 1.14 bits per heavy atom. The average Bonchev–Trinajstić information content (AvgIpc) is 3.20. The van der Waals surface area contributed by atoms with Crippen LogP contribution in [0.5, 0.6) is 0 Å². The number of aromatic nitrogens is 1. The number of rotatable bonds is 6. The van der Waals surface area contributed by atoms with Crippen LogP contribution in [-0.4, -0.2) is 49.2 Å². The molecule has 0 saturated carbocycles. The Bertz CT molecular complexity index is 806. The van der Waals surface area contributed by atoms with Crippen LogP contribution in [0.4, 0.5) is 0 Å². The van der Waals surface area contributed by atoms with Gasteiger partial charge in [0.1, 0.15) is 0 Å². The van der Waals surface area contributed by atoms with Gasteiger partial charge in [0.15, 0.2) is 5.96 Å². The Morgan fingerprint density at radius 3 is 2.48 bits per heavy atom. The molecule has 1 aliphatic rings. The molecule has 6 nitrogen and oxygen atoms in total. The lowest BCUT2D eigenvalue weighted by Crippen LogP contribution is -2.37. The standard InChI is InChI=1S/C22H33N5OS/c1-22(2,3)20-26-19(16-29-20)14-25-21(23-4)24-13-17-7-5-6-8-18(17)15-27-9-11-28-12-10-27/h5-8,16H,9-15H2,1-4H3,(H2,23,24,25). The molecule has 1 aromatic carbocycles. The van der Waals surface area contributed by atoms with E-state index in [0.717, 1.165) is 56.1 Å². The van der Waals surface area contributed by atoms with Crippen LogP contribution in [0.1, 0.15) is 42.6 Å². The number of aliphatic imine (C=N–C) groups is 1. The second kappa shape index (κ2) is 10.2. The van der Waals surface area contributed by atoms with Crippen LogP contribution < -0.4 is 10.6 Å². The summed E-state index contributed by atoms with van der Waals surface area (Å²) in [5, 5.41) is 10.1. The highest BCUT2D eigenvalue weighted by Gasteiger charge is 2.18. The number of hydrogen-bond donors (Lipinski definition) is 2. The fourth-order valence-electron chi connectivity index (χ4n) is 3.19. The van der Waals surface area contributed by atoms with E-state index in [1.54, 1.807) is 18.4 Å². The van der Waals surface area contributed by atoms with Crippen LogP contribution in [0.15, 0.2) is 34.6 Å². The first-order valence-electron chi connectivity index (χ1n) is 10.2. The summed E-state index contributed by atoms with van der Waals surface area (Å²) in [7, 11) is 1.80. The van der Waals surface area contributed by atoms with Crippen LogP contribution >= 0.6 is 11.3 Å². The zero-order chi connectivity index (χ0) is 20.7. The molecule has 0 aliphatic carbocycles. The number of thiazole rings is 1. The molecule has 2 heterocycles. The number of hydrogen-bond acceptors (Lipinski definition) is 5. The summed E-state index contributed by atoms with van der Waals surface area (Å²) in [5.41, 5.74) is 3.79. The van der Waals surface area contributed by atoms with E-state index in [1.165, 1.54) is 11.1 Å². The van der Waals surface area contributed by atoms with E-state index < -0.39 is 0 Å². The van der Waals surface area contributed by atoms with Gasteiger partial charge in [0.05, 0.1) is 30.5 Å². The molecular formula is C22H33N5OS. The number of morpholine rings is 1. The highest BCUT2D eigenvalue weighted by Crippen LogP contribution is 2.25. The zero-order valence-corrected chi connectivity index (χ0v) is 18.8. The monoisotopic (exact) mass is 415 g/mol. The summed E-state index contributed by atoms with van der Waals surface area (Å²) in [6.07, 6.45) is 0. The molecule has 1 aliphatic heterocycles. The molecule has 2 N–H and O–H groups in total. The fraction of sp³-hybridized carbons (Fsp3) is 0.545. The first-order chi connectivity index (χ1) is 14.0. The van der Waals surface area contributed by atoms with Gasteiger partial charge in [0.2, 0.25) is 0 Å². The van der Waals surface area contributed by atoms with Crippen molar-refractivity contribution in [2.24, 2.45) is 4.99 Å². The molecule has 0 radical (unpaired) electrons. The SMILES string of the molecule is CN=C(NCc1csc(C(C)(C)C)n1)NCc1ccccc1CN1CCOCC1.